The van der Waals surface area contributed by atoms with Crippen LogP contribution in [0.2, 0.25) is 0 Å². The number of hydrogen-bond acceptors (Lipinski definition) is 2. The zero-order chi connectivity index (χ0) is 41.7. The number of rotatable bonds is 8. The summed E-state index contributed by atoms with van der Waals surface area (Å²) >= 11 is 0. The van der Waals surface area contributed by atoms with E-state index in [9.17, 15) is 0 Å². The summed E-state index contributed by atoms with van der Waals surface area (Å²) in [5.41, 5.74) is 17.4. The zero-order valence-electron chi connectivity index (χ0n) is 34.4. The molecule has 0 fully saturated rings. The van der Waals surface area contributed by atoms with Gasteiger partial charge in [-0.05, 0) is 88.0 Å². The van der Waals surface area contributed by atoms with Crippen LogP contribution in [0.3, 0.4) is 0 Å². The van der Waals surface area contributed by atoms with Crippen molar-refractivity contribution in [2.45, 2.75) is 0 Å². The van der Waals surface area contributed by atoms with Gasteiger partial charge < -0.3 is 13.9 Å². The van der Waals surface area contributed by atoms with E-state index in [0.717, 1.165) is 72.4 Å². The highest BCUT2D eigenvalue weighted by Crippen LogP contribution is 2.46. The second kappa shape index (κ2) is 15.3. The molecule has 0 amide bonds. The van der Waals surface area contributed by atoms with E-state index in [4.69, 9.17) is 4.42 Å². The van der Waals surface area contributed by atoms with Gasteiger partial charge in [0.1, 0.15) is 11.2 Å². The molecule has 0 radical (unpaired) electrons. The van der Waals surface area contributed by atoms with Gasteiger partial charge >= 0.3 is 0 Å². The smallest absolute Gasteiger partial charge is 0.143 e. The molecular formula is C60H40N2O. The molecule has 0 atom stereocenters. The fraction of sp³-hybridized carbons (Fsp3) is 0. The van der Waals surface area contributed by atoms with Crippen LogP contribution in [0, 0.1) is 0 Å². The summed E-state index contributed by atoms with van der Waals surface area (Å²) in [6, 6.07) is 87.2. The minimum absolute atomic E-state index is 0.880. The Morgan fingerprint density at radius 3 is 1.46 bits per heavy atom. The SMILES string of the molecule is c1ccc(-c2ccc(N(c3ccc(-c4ccccc4)c(-c4ccccc4)c3)c3ccc(-c4cccc5c4oc4ccccc45)c(-n4c5ccccc5c5ccccc54)c3)cc2)cc1. The first-order chi connectivity index (χ1) is 31.3. The number of fused-ring (bicyclic) bond motifs is 6. The van der Waals surface area contributed by atoms with Crippen molar-refractivity contribution >= 4 is 60.8 Å². The summed E-state index contributed by atoms with van der Waals surface area (Å²) < 4.78 is 9.17. The molecule has 12 rings (SSSR count). The van der Waals surface area contributed by atoms with Crippen LogP contribution in [0.1, 0.15) is 0 Å². The van der Waals surface area contributed by atoms with E-state index >= 15 is 0 Å². The molecule has 0 aliphatic heterocycles. The molecule has 0 spiro atoms. The maximum Gasteiger partial charge on any atom is 0.143 e. The summed E-state index contributed by atoms with van der Waals surface area (Å²) in [6.45, 7) is 0. The maximum absolute atomic E-state index is 6.73. The van der Waals surface area contributed by atoms with Gasteiger partial charge in [0.25, 0.3) is 0 Å². The van der Waals surface area contributed by atoms with E-state index in [1.165, 1.54) is 38.6 Å². The van der Waals surface area contributed by atoms with E-state index in [0.29, 0.717) is 0 Å². The Labute approximate surface area is 366 Å². The zero-order valence-corrected chi connectivity index (χ0v) is 34.4. The second-order valence-electron chi connectivity index (χ2n) is 16.1. The number of benzene rings is 10. The standard InChI is InChI=1S/C60H40N2O/c1-4-17-41(18-5-1)42-31-33-45(34-32-42)61(46-35-37-48(43-19-6-2-7-20-43)55(39-46)44-21-8-3-9-22-44)47-36-38-51(53-26-16-27-54-52-25-12-15-30-59(52)63-60(53)54)58(40-47)62-56-28-13-10-23-49(56)50-24-11-14-29-57(50)62/h1-40H. The lowest BCUT2D eigenvalue weighted by molar-refractivity contribution is 0.670. The van der Waals surface area contributed by atoms with Gasteiger partial charge in [-0.25, -0.2) is 0 Å². The van der Waals surface area contributed by atoms with Crippen molar-refractivity contribution in [3.63, 3.8) is 0 Å². The van der Waals surface area contributed by atoms with E-state index in [-0.39, 0.29) is 0 Å². The van der Waals surface area contributed by atoms with E-state index in [1.807, 2.05) is 6.07 Å². The van der Waals surface area contributed by atoms with E-state index in [2.05, 4.69) is 246 Å². The molecule has 0 bridgehead atoms. The fourth-order valence-electron chi connectivity index (χ4n) is 9.49. The van der Waals surface area contributed by atoms with Crippen molar-refractivity contribution in [1.82, 2.24) is 4.57 Å². The Balaban J connectivity index is 1.14. The summed E-state index contributed by atoms with van der Waals surface area (Å²) in [4.78, 5) is 2.40. The van der Waals surface area contributed by atoms with E-state index in [1.54, 1.807) is 0 Å². The van der Waals surface area contributed by atoms with Crippen molar-refractivity contribution in [2.24, 2.45) is 0 Å². The Bertz CT molecular complexity index is 3550. The number of aromatic nitrogens is 1. The van der Waals surface area contributed by atoms with E-state index < -0.39 is 0 Å². The number of hydrogen-bond donors (Lipinski definition) is 0. The number of para-hydroxylation sites is 4. The molecule has 296 valence electrons. The topological polar surface area (TPSA) is 21.3 Å². The predicted molar refractivity (Wildman–Crippen MR) is 264 cm³/mol. The highest BCUT2D eigenvalue weighted by atomic mass is 16.3. The Morgan fingerprint density at radius 1 is 0.302 bits per heavy atom. The number of anilines is 3. The lowest BCUT2D eigenvalue weighted by Gasteiger charge is -2.28. The lowest BCUT2D eigenvalue weighted by atomic mass is 9.93. The summed E-state index contributed by atoms with van der Waals surface area (Å²) in [7, 11) is 0. The molecular weight excluding hydrogens is 765 g/mol. The summed E-state index contributed by atoms with van der Waals surface area (Å²) in [5.74, 6) is 0. The maximum atomic E-state index is 6.73. The molecule has 10 aromatic carbocycles. The molecule has 63 heavy (non-hydrogen) atoms. The van der Waals surface area contributed by atoms with Gasteiger partial charge in [0.05, 0.1) is 16.7 Å². The molecule has 0 saturated heterocycles. The molecule has 2 aromatic heterocycles. The molecule has 0 aliphatic carbocycles. The third kappa shape index (κ3) is 6.29. The molecule has 2 heterocycles. The third-order valence-corrected chi connectivity index (χ3v) is 12.4. The minimum Gasteiger partial charge on any atom is -0.455 e. The van der Waals surface area contributed by atoms with Gasteiger partial charge in [-0.3, -0.25) is 0 Å². The molecule has 0 unspecified atom stereocenters. The minimum atomic E-state index is 0.880. The molecule has 3 nitrogen and oxygen atoms in total. The van der Waals surface area contributed by atoms with Gasteiger partial charge in [-0.2, -0.15) is 0 Å². The second-order valence-corrected chi connectivity index (χ2v) is 16.1. The van der Waals surface area contributed by atoms with Crippen LogP contribution in [-0.4, -0.2) is 4.57 Å². The van der Waals surface area contributed by atoms with Crippen LogP contribution >= 0.6 is 0 Å². The monoisotopic (exact) mass is 804 g/mol. The first-order valence-electron chi connectivity index (χ1n) is 21.5. The average molecular weight is 805 g/mol. The van der Waals surface area contributed by atoms with Crippen LogP contribution in [0.4, 0.5) is 17.1 Å². The predicted octanol–water partition coefficient (Wildman–Crippen LogP) is 16.8. The number of furan rings is 1. The van der Waals surface area contributed by atoms with Gasteiger partial charge in [-0.15, -0.1) is 0 Å². The Hall–Kier alpha value is -8.40. The van der Waals surface area contributed by atoms with Crippen molar-refractivity contribution in [3.8, 4) is 50.2 Å². The number of nitrogens with zero attached hydrogens (tertiary/aromatic N) is 2. The third-order valence-electron chi connectivity index (χ3n) is 12.4. The van der Waals surface area contributed by atoms with Crippen LogP contribution in [0.5, 0.6) is 0 Å². The fourth-order valence-corrected chi connectivity index (χ4v) is 9.49. The molecule has 0 aliphatic rings. The quantitative estimate of drug-likeness (QED) is 0.153. The van der Waals surface area contributed by atoms with Crippen LogP contribution in [0.25, 0.3) is 93.9 Å². The highest BCUT2D eigenvalue weighted by Gasteiger charge is 2.23. The summed E-state index contributed by atoms with van der Waals surface area (Å²) in [5, 5.41) is 4.64. The van der Waals surface area contributed by atoms with Crippen molar-refractivity contribution in [1.29, 1.82) is 0 Å². The van der Waals surface area contributed by atoms with Crippen LogP contribution < -0.4 is 4.90 Å². The molecule has 3 heteroatoms. The van der Waals surface area contributed by atoms with Gasteiger partial charge in [0, 0.05) is 49.7 Å². The van der Waals surface area contributed by atoms with Crippen LogP contribution in [-0.2, 0) is 0 Å². The van der Waals surface area contributed by atoms with Crippen molar-refractivity contribution in [2.75, 3.05) is 4.90 Å². The highest BCUT2D eigenvalue weighted by molar-refractivity contribution is 6.12. The Morgan fingerprint density at radius 2 is 0.794 bits per heavy atom. The Kier molecular flexibility index (Phi) is 8.83. The first kappa shape index (κ1) is 36.5. The average Bonchev–Trinajstić information content (AvgIpc) is 3.91. The largest absolute Gasteiger partial charge is 0.455 e. The van der Waals surface area contributed by atoms with Gasteiger partial charge in [-0.1, -0.05) is 188 Å². The van der Waals surface area contributed by atoms with Crippen molar-refractivity contribution < 1.29 is 4.42 Å². The normalized spacial score (nSPS) is 11.5. The molecule has 12 aromatic rings. The lowest BCUT2D eigenvalue weighted by Crippen LogP contribution is -2.11. The first-order valence-corrected chi connectivity index (χ1v) is 21.5. The van der Waals surface area contributed by atoms with Gasteiger partial charge in [0.2, 0.25) is 0 Å². The van der Waals surface area contributed by atoms with Crippen molar-refractivity contribution in [3.05, 3.63) is 243 Å². The molecule has 0 saturated carbocycles. The van der Waals surface area contributed by atoms with Crippen LogP contribution in [0.15, 0.2) is 247 Å². The summed E-state index contributed by atoms with van der Waals surface area (Å²) in [6.07, 6.45) is 0. The molecule has 0 N–H and O–H groups in total. The van der Waals surface area contributed by atoms with Gasteiger partial charge in [0.15, 0.2) is 0 Å².